The van der Waals surface area contributed by atoms with E-state index in [1.807, 2.05) is 12.1 Å². The van der Waals surface area contributed by atoms with Crippen LogP contribution < -0.4 is 4.90 Å². The van der Waals surface area contributed by atoms with E-state index in [1.165, 1.54) is 0 Å². The Bertz CT molecular complexity index is 531. The molecule has 1 fully saturated rings. The molecule has 0 saturated carbocycles. The van der Waals surface area contributed by atoms with Crippen molar-refractivity contribution in [1.82, 2.24) is 19.8 Å². The van der Waals surface area contributed by atoms with Crippen molar-refractivity contribution >= 4 is 17.2 Å². The average molecular weight is 216 g/mol. The zero-order valence-corrected chi connectivity index (χ0v) is 8.80. The fourth-order valence-electron chi connectivity index (χ4n) is 1.95. The molecular weight excluding hydrogens is 204 g/mol. The number of aromatic nitrogens is 4. The van der Waals surface area contributed by atoms with Crippen molar-refractivity contribution in [2.75, 3.05) is 18.0 Å². The Balaban J connectivity index is 1.95. The van der Waals surface area contributed by atoms with Gasteiger partial charge in [-0.3, -0.25) is 0 Å². The maximum Gasteiger partial charge on any atom is 0.177 e. The third kappa shape index (κ3) is 1.52. The van der Waals surface area contributed by atoms with Gasteiger partial charge in [-0.25, -0.2) is 0 Å². The smallest absolute Gasteiger partial charge is 0.177 e. The van der Waals surface area contributed by atoms with Gasteiger partial charge in [-0.1, -0.05) is 0 Å². The first-order valence-corrected chi connectivity index (χ1v) is 5.31. The average Bonchev–Trinajstić information content (AvgIpc) is 2.75. The fraction of sp³-hybridized carbons (Fsp3) is 0.400. The Morgan fingerprint density at radius 3 is 3.12 bits per heavy atom. The van der Waals surface area contributed by atoms with Crippen molar-refractivity contribution in [3.63, 3.8) is 0 Å². The summed E-state index contributed by atoms with van der Waals surface area (Å²) in [5.41, 5.74) is 1.52. The third-order valence-corrected chi connectivity index (χ3v) is 2.76. The maximum atomic E-state index is 7.70. The summed E-state index contributed by atoms with van der Waals surface area (Å²) in [6.07, 6.45) is 3.53. The second-order valence-electron chi connectivity index (χ2n) is 3.95. The summed E-state index contributed by atoms with van der Waals surface area (Å²) in [5, 5.41) is 19.8. The first kappa shape index (κ1) is 9.26. The van der Waals surface area contributed by atoms with Gasteiger partial charge in [0.1, 0.15) is 12.1 Å². The monoisotopic (exact) mass is 216 g/mol. The summed E-state index contributed by atoms with van der Waals surface area (Å²) in [6.45, 7) is 1.64. The minimum absolute atomic E-state index is 0.681. The fourth-order valence-corrected chi connectivity index (χ4v) is 1.95. The summed E-state index contributed by atoms with van der Waals surface area (Å²) in [7, 11) is 0. The van der Waals surface area contributed by atoms with E-state index >= 15 is 0 Å². The molecule has 0 radical (unpaired) electrons. The maximum absolute atomic E-state index is 7.70. The summed E-state index contributed by atoms with van der Waals surface area (Å²) in [4.78, 5) is 2.12. The molecule has 1 aliphatic rings. The molecule has 0 amide bonds. The molecule has 1 N–H and O–H groups in total. The summed E-state index contributed by atoms with van der Waals surface area (Å²) < 4.78 is 1.66. The lowest BCUT2D eigenvalue weighted by Gasteiger charge is -2.27. The lowest BCUT2D eigenvalue weighted by molar-refractivity contribution is 0.721. The van der Waals surface area contributed by atoms with Crippen molar-refractivity contribution in [2.24, 2.45) is 0 Å². The number of piperidine rings is 1. The van der Waals surface area contributed by atoms with Crippen LogP contribution in [0.25, 0.3) is 5.65 Å². The Labute approximate surface area is 92.4 Å². The van der Waals surface area contributed by atoms with Gasteiger partial charge >= 0.3 is 0 Å². The molecular formula is C10H12N6. The molecule has 6 nitrogen and oxygen atoms in total. The van der Waals surface area contributed by atoms with Crippen molar-refractivity contribution in [2.45, 2.75) is 12.8 Å². The van der Waals surface area contributed by atoms with Crippen LogP contribution in [0.4, 0.5) is 5.82 Å². The van der Waals surface area contributed by atoms with E-state index in [1.54, 1.807) is 10.8 Å². The van der Waals surface area contributed by atoms with Gasteiger partial charge in [-0.2, -0.15) is 4.52 Å². The highest BCUT2D eigenvalue weighted by Gasteiger charge is 2.16. The van der Waals surface area contributed by atoms with Gasteiger partial charge in [0.25, 0.3) is 0 Å². The van der Waals surface area contributed by atoms with Gasteiger partial charge in [0.2, 0.25) is 0 Å². The lowest BCUT2D eigenvalue weighted by atomic mass is 10.1. The van der Waals surface area contributed by atoms with Crippen LogP contribution in [0.2, 0.25) is 0 Å². The second-order valence-corrected chi connectivity index (χ2v) is 3.95. The predicted molar refractivity (Wildman–Crippen MR) is 60.0 cm³/mol. The van der Waals surface area contributed by atoms with Crippen LogP contribution in [0.15, 0.2) is 18.5 Å². The molecule has 82 valence electrons. The quantitative estimate of drug-likeness (QED) is 0.763. The van der Waals surface area contributed by atoms with Crippen molar-refractivity contribution in [3.05, 3.63) is 18.5 Å². The van der Waals surface area contributed by atoms with E-state index in [2.05, 4.69) is 20.2 Å². The topological polar surface area (TPSA) is 70.2 Å². The largest absolute Gasteiger partial charge is 0.350 e. The summed E-state index contributed by atoms with van der Waals surface area (Å²) in [5.74, 6) is 0.886. The van der Waals surface area contributed by atoms with Gasteiger partial charge in [0.15, 0.2) is 5.65 Å². The Hall–Kier alpha value is -1.98. The molecule has 0 unspecified atom stereocenters. The van der Waals surface area contributed by atoms with Crippen LogP contribution in [-0.2, 0) is 0 Å². The van der Waals surface area contributed by atoms with E-state index in [-0.39, 0.29) is 0 Å². The molecule has 0 bridgehead atoms. The standard InChI is InChI=1S/C10H12N6/c11-8-2-1-5-15(6-8)10-4-3-9-13-12-7-16(9)14-10/h3-4,7,11H,1-2,5-6H2. The molecule has 16 heavy (non-hydrogen) atoms. The van der Waals surface area contributed by atoms with E-state index in [4.69, 9.17) is 5.41 Å². The van der Waals surface area contributed by atoms with E-state index in [9.17, 15) is 0 Å². The summed E-state index contributed by atoms with van der Waals surface area (Å²) >= 11 is 0. The first-order valence-electron chi connectivity index (χ1n) is 5.31. The van der Waals surface area contributed by atoms with Crippen LogP contribution >= 0.6 is 0 Å². The van der Waals surface area contributed by atoms with Crippen LogP contribution in [0.3, 0.4) is 0 Å². The Morgan fingerprint density at radius 1 is 1.31 bits per heavy atom. The van der Waals surface area contributed by atoms with Crippen LogP contribution in [-0.4, -0.2) is 38.6 Å². The van der Waals surface area contributed by atoms with Crippen molar-refractivity contribution < 1.29 is 0 Å². The van der Waals surface area contributed by atoms with Gasteiger partial charge in [-0.05, 0) is 25.0 Å². The Morgan fingerprint density at radius 2 is 2.25 bits per heavy atom. The van der Waals surface area contributed by atoms with Gasteiger partial charge in [-0.15, -0.1) is 15.3 Å². The Kier molecular flexibility index (Phi) is 2.05. The van der Waals surface area contributed by atoms with Crippen molar-refractivity contribution in [3.8, 4) is 0 Å². The molecule has 3 rings (SSSR count). The lowest BCUT2D eigenvalue weighted by Crippen LogP contribution is -2.36. The number of hydrogen-bond donors (Lipinski definition) is 1. The van der Waals surface area contributed by atoms with Crippen molar-refractivity contribution in [1.29, 1.82) is 5.41 Å². The SMILES string of the molecule is N=C1CCCN(c2ccc3nncn3n2)C1. The number of anilines is 1. The highest BCUT2D eigenvalue weighted by molar-refractivity contribution is 5.86. The molecule has 1 saturated heterocycles. The first-order chi connectivity index (χ1) is 7.83. The molecule has 6 heteroatoms. The van der Waals surface area contributed by atoms with E-state index in [0.29, 0.717) is 6.54 Å². The minimum atomic E-state index is 0.681. The molecule has 0 atom stereocenters. The zero-order chi connectivity index (χ0) is 11.0. The number of rotatable bonds is 1. The predicted octanol–water partition coefficient (Wildman–Crippen LogP) is 0.744. The molecule has 0 aromatic carbocycles. The van der Waals surface area contributed by atoms with Gasteiger partial charge < -0.3 is 10.3 Å². The van der Waals surface area contributed by atoms with Crippen LogP contribution in [0, 0.1) is 5.41 Å². The highest BCUT2D eigenvalue weighted by Crippen LogP contribution is 2.15. The highest BCUT2D eigenvalue weighted by atomic mass is 15.4. The van der Waals surface area contributed by atoms with Gasteiger partial charge in [0, 0.05) is 12.3 Å². The normalized spacial score (nSPS) is 17.0. The van der Waals surface area contributed by atoms with Crippen LogP contribution in [0.1, 0.15) is 12.8 Å². The number of fused-ring (bicyclic) bond motifs is 1. The van der Waals surface area contributed by atoms with Gasteiger partial charge in [0.05, 0.1) is 6.54 Å². The van der Waals surface area contributed by atoms with E-state index < -0.39 is 0 Å². The third-order valence-electron chi connectivity index (χ3n) is 2.76. The molecule has 3 heterocycles. The number of hydrogen-bond acceptors (Lipinski definition) is 5. The summed E-state index contributed by atoms with van der Waals surface area (Å²) in [6, 6.07) is 3.83. The van der Waals surface area contributed by atoms with Crippen LogP contribution in [0.5, 0.6) is 0 Å². The molecule has 1 aliphatic heterocycles. The molecule has 0 aliphatic carbocycles. The molecule has 2 aromatic heterocycles. The number of nitrogens with one attached hydrogen (secondary N) is 1. The zero-order valence-electron chi connectivity index (χ0n) is 8.80. The van der Waals surface area contributed by atoms with E-state index in [0.717, 1.165) is 36.6 Å². The second kappa shape index (κ2) is 3.55. The molecule has 0 spiro atoms. The number of nitrogens with zero attached hydrogens (tertiary/aromatic N) is 5. The minimum Gasteiger partial charge on any atom is -0.350 e. The molecule has 2 aromatic rings.